The van der Waals surface area contributed by atoms with Crippen LogP contribution in [0.4, 0.5) is 5.82 Å². The average molecular weight is 304 g/mol. The minimum Gasteiger partial charge on any atom is -0.497 e. The van der Waals surface area contributed by atoms with E-state index in [1.807, 2.05) is 31.2 Å². The van der Waals surface area contributed by atoms with Gasteiger partial charge in [-0.15, -0.1) is 0 Å². The van der Waals surface area contributed by atoms with E-state index in [9.17, 15) is 0 Å². The highest BCUT2D eigenvalue weighted by molar-refractivity contribution is 7.99. The first kappa shape index (κ1) is 15.6. The number of nitrogens with one attached hydrogen (secondary N) is 1. The molecule has 21 heavy (non-hydrogen) atoms. The van der Waals surface area contributed by atoms with Crippen LogP contribution in [-0.2, 0) is 0 Å². The normalized spacial score (nSPS) is 10.8. The van der Waals surface area contributed by atoms with Gasteiger partial charge >= 0.3 is 0 Å². The molecule has 0 aliphatic heterocycles. The van der Waals surface area contributed by atoms with Gasteiger partial charge in [0.1, 0.15) is 22.4 Å². The second-order valence-electron chi connectivity index (χ2n) is 4.94. The monoisotopic (exact) mass is 304 g/mol. The second-order valence-corrected chi connectivity index (χ2v) is 6.00. The predicted molar refractivity (Wildman–Crippen MR) is 85.8 cm³/mol. The van der Waals surface area contributed by atoms with E-state index in [4.69, 9.17) is 10.6 Å². The van der Waals surface area contributed by atoms with Gasteiger partial charge in [-0.3, -0.25) is 0 Å². The maximum absolute atomic E-state index is 5.55. The molecule has 0 saturated carbocycles. The molecule has 6 heteroatoms. The van der Waals surface area contributed by atoms with Crippen molar-refractivity contribution in [3.8, 4) is 5.75 Å². The summed E-state index contributed by atoms with van der Waals surface area (Å²) in [4.78, 5) is 10.2. The van der Waals surface area contributed by atoms with Crippen LogP contribution in [0, 0.1) is 6.92 Å². The molecule has 1 aromatic heterocycles. The van der Waals surface area contributed by atoms with Gasteiger partial charge in [0.05, 0.1) is 7.11 Å². The summed E-state index contributed by atoms with van der Waals surface area (Å²) in [5, 5.41) is 0.909. The van der Waals surface area contributed by atoms with Gasteiger partial charge in [0, 0.05) is 16.4 Å². The third-order valence-electron chi connectivity index (χ3n) is 3.05. The molecule has 0 bridgehead atoms. The molecule has 112 valence electrons. The Kier molecular flexibility index (Phi) is 5.03. The number of hydrogen-bond donors (Lipinski definition) is 2. The summed E-state index contributed by atoms with van der Waals surface area (Å²) >= 11 is 1.59. The molecule has 0 aliphatic carbocycles. The summed E-state index contributed by atoms with van der Waals surface area (Å²) in [7, 11) is 1.66. The van der Waals surface area contributed by atoms with Crippen molar-refractivity contribution < 1.29 is 4.74 Å². The van der Waals surface area contributed by atoms with Crippen LogP contribution in [0.1, 0.15) is 31.2 Å². The van der Waals surface area contributed by atoms with Gasteiger partial charge in [-0.2, -0.15) is 0 Å². The lowest BCUT2D eigenvalue weighted by Gasteiger charge is -2.13. The summed E-state index contributed by atoms with van der Waals surface area (Å²) in [5.74, 6) is 8.09. The smallest absolute Gasteiger partial charge is 0.147 e. The molecule has 3 N–H and O–H groups in total. The van der Waals surface area contributed by atoms with Crippen molar-refractivity contribution in [1.29, 1.82) is 0 Å². The largest absolute Gasteiger partial charge is 0.497 e. The number of methoxy groups -OCH3 is 1. The lowest BCUT2D eigenvalue weighted by Crippen LogP contribution is -2.13. The average Bonchev–Trinajstić information content (AvgIpc) is 2.49. The minimum absolute atomic E-state index is 0.243. The molecule has 0 atom stereocenters. The van der Waals surface area contributed by atoms with Crippen LogP contribution in [0.2, 0.25) is 0 Å². The number of aromatic nitrogens is 2. The van der Waals surface area contributed by atoms with Crippen molar-refractivity contribution >= 4 is 17.6 Å². The summed E-state index contributed by atoms with van der Waals surface area (Å²) < 4.78 is 5.17. The zero-order chi connectivity index (χ0) is 15.4. The zero-order valence-electron chi connectivity index (χ0n) is 12.7. The Morgan fingerprint density at radius 3 is 2.38 bits per heavy atom. The van der Waals surface area contributed by atoms with E-state index in [-0.39, 0.29) is 5.92 Å². The van der Waals surface area contributed by atoms with Crippen molar-refractivity contribution in [2.24, 2.45) is 5.84 Å². The molecule has 0 aliphatic rings. The third-order valence-corrected chi connectivity index (χ3v) is 4.14. The van der Waals surface area contributed by atoms with Gasteiger partial charge in [0.2, 0.25) is 0 Å². The van der Waals surface area contributed by atoms with E-state index in [1.165, 1.54) is 0 Å². The van der Waals surface area contributed by atoms with Gasteiger partial charge in [-0.1, -0.05) is 25.6 Å². The Bertz CT molecular complexity index is 614. The molecule has 5 nitrogen and oxygen atoms in total. The topological polar surface area (TPSA) is 73.1 Å². The molecular formula is C15H20N4OS. The van der Waals surface area contributed by atoms with Gasteiger partial charge in [-0.25, -0.2) is 15.8 Å². The van der Waals surface area contributed by atoms with Crippen LogP contribution in [0.5, 0.6) is 5.75 Å². The highest BCUT2D eigenvalue weighted by Gasteiger charge is 2.13. The van der Waals surface area contributed by atoms with E-state index >= 15 is 0 Å². The number of nitrogen functional groups attached to an aromatic ring is 1. The fourth-order valence-corrected chi connectivity index (χ4v) is 2.65. The number of rotatable bonds is 5. The summed E-state index contributed by atoms with van der Waals surface area (Å²) in [6.45, 7) is 6.09. The van der Waals surface area contributed by atoms with E-state index in [1.54, 1.807) is 18.9 Å². The fraction of sp³-hybridized carbons (Fsp3) is 0.333. The molecule has 0 unspecified atom stereocenters. The third kappa shape index (κ3) is 3.65. The SMILES string of the molecule is COc1ccc(Sc2nc(C(C)C)nc(NN)c2C)cc1. The fourth-order valence-electron chi connectivity index (χ4n) is 1.77. The molecule has 0 saturated heterocycles. The molecule has 0 fully saturated rings. The van der Waals surface area contributed by atoms with Gasteiger partial charge < -0.3 is 10.2 Å². The first-order chi connectivity index (χ1) is 10.0. The lowest BCUT2D eigenvalue weighted by molar-refractivity contribution is 0.414. The summed E-state index contributed by atoms with van der Waals surface area (Å²) in [5.41, 5.74) is 3.60. The van der Waals surface area contributed by atoms with Crippen molar-refractivity contribution in [3.63, 3.8) is 0 Å². The van der Waals surface area contributed by atoms with Crippen LogP contribution in [0.25, 0.3) is 0 Å². The van der Waals surface area contributed by atoms with Crippen LogP contribution >= 0.6 is 11.8 Å². The Labute approximate surface area is 129 Å². The summed E-state index contributed by atoms with van der Waals surface area (Å²) in [6.07, 6.45) is 0. The zero-order valence-corrected chi connectivity index (χ0v) is 13.5. The van der Waals surface area contributed by atoms with E-state index in [2.05, 4.69) is 29.2 Å². The number of nitrogens with zero attached hydrogens (tertiary/aromatic N) is 2. The van der Waals surface area contributed by atoms with Crippen molar-refractivity contribution in [2.75, 3.05) is 12.5 Å². The number of benzene rings is 1. The molecule has 0 radical (unpaired) electrons. The Balaban J connectivity index is 2.35. The van der Waals surface area contributed by atoms with E-state index in [0.29, 0.717) is 5.82 Å². The number of ether oxygens (including phenoxy) is 1. The molecular weight excluding hydrogens is 284 g/mol. The van der Waals surface area contributed by atoms with E-state index < -0.39 is 0 Å². The standard InChI is InChI=1S/C15H20N4OS/c1-9(2)13-17-14(19-16)10(3)15(18-13)21-12-7-5-11(20-4)6-8-12/h5-9H,16H2,1-4H3,(H,17,18,19). The summed E-state index contributed by atoms with van der Waals surface area (Å²) in [6, 6.07) is 7.89. The van der Waals surface area contributed by atoms with Crippen LogP contribution in [-0.4, -0.2) is 17.1 Å². The molecule has 2 aromatic rings. The number of hydrogen-bond acceptors (Lipinski definition) is 6. The second kappa shape index (κ2) is 6.78. The molecule has 0 amide bonds. The molecule has 1 heterocycles. The van der Waals surface area contributed by atoms with Gasteiger partial charge in [0.25, 0.3) is 0 Å². The van der Waals surface area contributed by atoms with Crippen molar-refractivity contribution in [2.45, 2.75) is 36.6 Å². The highest BCUT2D eigenvalue weighted by Crippen LogP contribution is 2.32. The van der Waals surface area contributed by atoms with Crippen molar-refractivity contribution in [1.82, 2.24) is 9.97 Å². The number of nitrogens with two attached hydrogens (primary N) is 1. The molecule has 1 aromatic carbocycles. The maximum atomic E-state index is 5.55. The van der Waals surface area contributed by atoms with Crippen molar-refractivity contribution in [3.05, 3.63) is 35.7 Å². The van der Waals surface area contributed by atoms with Crippen LogP contribution in [0.3, 0.4) is 0 Å². The van der Waals surface area contributed by atoms with E-state index in [0.717, 1.165) is 27.1 Å². The highest BCUT2D eigenvalue weighted by atomic mass is 32.2. The quantitative estimate of drug-likeness (QED) is 0.501. The minimum atomic E-state index is 0.243. The molecule has 0 spiro atoms. The number of anilines is 1. The Hall–Kier alpha value is -1.79. The Morgan fingerprint density at radius 2 is 1.86 bits per heavy atom. The first-order valence-corrected chi connectivity index (χ1v) is 7.53. The number of hydrazine groups is 1. The van der Waals surface area contributed by atoms with Crippen LogP contribution < -0.4 is 16.0 Å². The lowest BCUT2D eigenvalue weighted by atomic mass is 10.2. The van der Waals surface area contributed by atoms with Crippen LogP contribution in [0.15, 0.2) is 34.2 Å². The first-order valence-electron chi connectivity index (χ1n) is 6.72. The maximum Gasteiger partial charge on any atom is 0.147 e. The van der Waals surface area contributed by atoms with Gasteiger partial charge in [-0.05, 0) is 31.2 Å². The molecule has 2 rings (SSSR count). The predicted octanol–water partition coefficient (Wildman–Crippen LogP) is 3.35. The Morgan fingerprint density at radius 1 is 1.19 bits per heavy atom. The van der Waals surface area contributed by atoms with Gasteiger partial charge in [0.15, 0.2) is 0 Å².